The smallest absolute Gasteiger partial charge is 0.282 e. The Hall–Kier alpha value is -2.47. The maximum absolute atomic E-state index is 12.7. The van der Waals surface area contributed by atoms with Crippen molar-refractivity contribution in [1.82, 2.24) is 9.66 Å². The molecule has 3 rings (SSSR count). The molecule has 5 nitrogen and oxygen atoms in total. The Morgan fingerprint density at radius 1 is 1.31 bits per heavy atom. The van der Waals surface area contributed by atoms with Gasteiger partial charge >= 0.3 is 0 Å². The van der Waals surface area contributed by atoms with Crippen molar-refractivity contribution in [3.63, 3.8) is 0 Å². The van der Waals surface area contributed by atoms with Crippen LogP contribution in [-0.4, -0.2) is 22.0 Å². The molecule has 0 bridgehead atoms. The van der Waals surface area contributed by atoms with Gasteiger partial charge in [-0.05, 0) is 56.2 Å². The third-order valence-corrected chi connectivity index (χ3v) is 4.56. The molecule has 6 heteroatoms. The molecule has 0 aliphatic carbocycles. The zero-order chi connectivity index (χ0) is 18.7. The van der Waals surface area contributed by atoms with E-state index in [4.69, 9.17) is 4.74 Å². The van der Waals surface area contributed by atoms with Crippen LogP contribution in [0.5, 0.6) is 5.75 Å². The van der Waals surface area contributed by atoms with Gasteiger partial charge in [0.1, 0.15) is 11.6 Å². The molecular formula is C20H20BrN3O2. The van der Waals surface area contributed by atoms with Crippen molar-refractivity contribution in [3.8, 4) is 5.75 Å². The lowest BCUT2D eigenvalue weighted by Crippen LogP contribution is -2.20. The first kappa shape index (κ1) is 18.3. The molecule has 134 valence electrons. The number of hydrogen-bond donors (Lipinski definition) is 0. The highest BCUT2D eigenvalue weighted by atomic mass is 79.9. The topological polar surface area (TPSA) is 56.5 Å². The van der Waals surface area contributed by atoms with Gasteiger partial charge in [-0.2, -0.15) is 9.78 Å². The Kier molecular flexibility index (Phi) is 5.52. The highest BCUT2D eigenvalue weighted by Gasteiger charge is 2.08. The number of halogens is 1. The van der Waals surface area contributed by atoms with Crippen LogP contribution in [-0.2, 0) is 0 Å². The molecule has 1 atom stereocenters. The van der Waals surface area contributed by atoms with Crippen molar-refractivity contribution in [2.24, 2.45) is 5.10 Å². The van der Waals surface area contributed by atoms with E-state index in [0.717, 1.165) is 22.2 Å². The van der Waals surface area contributed by atoms with E-state index < -0.39 is 0 Å². The van der Waals surface area contributed by atoms with Crippen LogP contribution in [0.2, 0.25) is 0 Å². The second-order valence-corrected chi connectivity index (χ2v) is 7.01. The largest absolute Gasteiger partial charge is 0.491 e. The number of aromatic nitrogens is 2. The van der Waals surface area contributed by atoms with E-state index in [-0.39, 0.29) is 11.7 Å². The normalized spacial score (nSPS) is 12.6. The molecule has 0 fully saturated rings. The summed E-state index contributed by atoms with van der Waals surface area (Å²) >= 11 is 3.39. The van der Waals surface area contributed by atoms with Crippen LogP contribution in [0.25, 0.3) is 10.9 Å². The third-order valence-electron chi connectivity index (χ3n) is 4.06. The lowest BCUT2D eigenvalue weighted by Gasteiger charge is -2.12. The van der Waals surface area contributed by atoms with Gasteiger partial charge < -0.3 is 4.74 Å². The SMILES string of the molecule is CC[C@H](C)Oc1cccc(C=Nn2c(C)nc3ccc(Br)cc3c2=O)c1. The van der Waals surface area contributed by atoms with Crippen molar-refractivity contribution in [1.29, 1.82) is 0 Å². The van der Waals surface area contributed by atoms with Gasteiger partial charge in [-0.15, -0.1) is 0 Å². The van der Waals surface area contributed by atoms with Gasteiger partial charge in [0.15, 0.2) is 0 Å². The van der Waals surface area contributed by atoms with Crippen LogP contribution in [0.3, 0.4) is 0 Å². The monoisotopic (exact) mass is 413 g/mol. The molecule has 2 aromatic carbocycles. The summed E-state index contributed by atoms with van der Waals surface area (Å²) in [5.41, 5.74) is 1.31. The van der Waals surface area contributed by atoms with Gasteiger partial charge in [-0.3, -0.25) is 4.79 Å². The minimum atomic E-state index is -0.197. The first-order valence-electron chi connectivity index (χ1n) is 8.48. The summed E-state index contributed by atoms with van der Waals surface area (Å²) in [6.07, 6.45) is 2.73. The van der Waals surface area contributed by atoms with Gasteiger partial charge in [0.05, 0.1) is 23.2 Å². The number of aryl methyl sites for hydroxylation is 1. The van der Waals surface area contributed by atoms with E-state index in [1.165, 1.54) is 4.68 Å². The lowest BCUT2D eigenvalue weighted by atomic mass is 10.2. The molecular weight excluding hydrogens is 394 g/mol. The number of ether oxygens (including phenoxy) is 1. The van der Waals surface area contributed by atoms with Crippen LogP contribution in [0.15, 0.2) is 56.8 Å². The van der Waals surface area contributed by atoms with E-state index in [2.05, 4.69) is 32.9 Å². The standard InChI is InChI=1S/C20H20BrN3O2/c1-4-13(2)26-17-7-5-6-15(10-17)12-22-24-14(3)23-19-9-8-16(21)11-18(19)20(24)25/h5-13H,4H2,1-3H3/t13-/m0/s1. The summed E-state index contributed by atoms with van der Waals surface area (Å²) in [6, 6.07) is 13.1. The molecule has 0 spiro atoms. The summed E-state index contributed by atoms with van der Waals surface area (Å²) in [6.45, 7) is 5.88. The molecule has 26 heavy (non-hydrogen) atoms. The van der Waals surface area contributed by atoms with Gasteiger partial charge in [0, 0.05) is 4.47 Å². The van der Waals surface area contributed by atoms with Crippen molar-refractivity contribution in [2.75, 3.05) is 0 Å². The second-order valence-electron chi connectivity index (χ2n) is 6.09. The van der Waals surface area contributed by atoms with E-state index in [0.29, 0.717) is 16.7 Å². The summed E-state index contributed by atoms with van der Waals surface area (Å²) in [5.74, 6) is 1.32. The predicted octanol–water partition coefficient (Wildman–Crippen LogP) is 4.53. The van der Waals surface area contributed by atoms with Gasteiger partial charge in [-0.1, -0.05) is 35.0 Å². The molecule has 3 aromatic rings. The number of benzene rings is 2. The fourth-order valence-corrected chi connectivity index (χ4v) is 2.87. The van der Waals surface area contributed by atoms with Crippen molar-refractivity contribution >= 4 is 33.0 Å². The molecule has 0 saturated carbocycles. The van der Waals surface area contributed by atoms with E-state index in [9.17, 15) is 4.79 Å². The van der Waals surface area contributed by atoms with Gasteiger partial charge in [0.25, 0.3) is 5.56 Å². The number of rotatable bonds is 5. The average Bonchev–Trinajstić information content (AvgIpc) is 2.62. The molecule has 0 saturated heterocycles. The average molecular weight is 414 g/mol. The highest BCUT2D eigenvalue weighted by Crippen LogP contribution is 2.17. The molecule has 0 radical (unpaired) electrons. The molecule has 0 aliphatic heterocycles. The highest BCUT2D eigenvalue weighted by molar-refractivity contribution is 9.10. The summed E-state index contributed by atoms with van der Waals surface area (Å²) in [4.78, 5) is 17.2. The Bertz CT molecular complexity index is 1030. The third kappa shape index (κ3) is 4.02. The first-order chi connectivity index (χ1) is 12.5. The Balaban J connectivity index is 1.96. The number of hydrogen-bond acceptors (Lipinski definition) is 4. The summed E-state index contributed by atoms with van der Waals surface area (Å²) in [7, 11) is 0. The van der Waals surface area contributed by atoms with Crippen LogP contribution in [0.4, 0.5) is 0 Å². The van der Waals surface area contributed by atoms with Gasteiger partial charge in [-0.25, -0.2) is 4.98 Å². The fourth-order valence-electron chi connectivity index (χ4n) is 2.50. The van der Waals surface area contributed by atoms with E-state index >= 15 is 0 Å². The van der Waals surface area contributed by atoms with Crippen molar-refractivity contribution in [3.05, 3.63) is 68.7 Å². The minimum absolute atomic E-state index is 0.148. The van der Waals surface area contributed by atoms with Crippen LogP contribution >= 0.6 is 15.9 Å². The van der Waals surface area contributed by atoms with Crippen LogP contribution in [0, 0.1) is 6.92 Å². The van der Waals surface area contributed by atoms with Crippen molar-refractivity contribution < 1.29 is 4.74 Å². The fraction of sp³-hybridized carbons (Fsp3) is 0.250. The zero-order valence-corrected chi connectivity index (χ0v) is 16.5. The Morgan fingerprint density at radius 3 is 2.88 bits per heavy atom. The molecule has 0 aliphatic rings. The Morgan fingerprint density at radius 2 is 2.12 bits per heavy atom. The maximum atomic E-state index is 12.7. The molecule has 1 heterocycles. The molecule has 0 amide bonds. The number of fused-ring (bicyclic) bond motifs is 1. The summed E-state index contributed by atoms with van der Waals surface area (Å²) in [5, 5.41) is 4.87. The molecule has 0 N–H and O–H groups in total. The number of nitrogens with zero attached hydrogens (tertiary/aromatic N) is 3. The van der Waals surface area contributed by atoms with Crippen molar-refractivity contribution in [2.45, 2.75) is 33.3 Å². The quantitative estimate of drug-likeness (QED) is 0.577. The minimum Gasteiger partial charge on any atom is -0.491 e. The van der Waals surface area contributed by atoms with E-state index in [1.807, 2.05) is 43.3 Å². The maximum Gasteiger partial charge on any atom is 0.282 e. The van der Waals surface area contributed by atoms with E-state index in [1.54, 1.807) is 19.2 Å². The first-order valence-corrected chi connectivity index (χ1v) is 9.27. The zero-order valence-electron chi connectivity index (χ0n) is 14.9. The second kappa shape index (κ2) is 7.83. The van der Waals surface area contributed by atoms with Crippen LogP contribution in [0.1, 0.15) is 31.7 Å². The molecule has 0 unspecified atom stereocenters. The van der Waals surface area contributed by atoms with Crippen LogP contribution < -0.4 is 10.3 Å². The molecule has 1 aromatic heterocycles. The lowest BCUT2D eigenvalue weighted by molar-refractivity contribution is 0.217. The predicted molar refractivity (Wildman–Crippen MR) is 108 cm³/mol. The summed E-state index contributed by atoms with van der Waals surface area (Å²) < 4.78 is 7.97. The van der Waals surface area contributed by atoms with Gasteiger partial charge in [0.2, 0.25) is 0 Å². The Labute approximate surface area is 160 Å².